The summed E-state index contributed by atoms with van der Waals surface area (Å²) in [5.41, 5.74) is 0. The second-order valence-electron chi connectivity index (χ2n) is 3.86. The van der Waals surface area contributed by atoms with Crippen molar-refractivity contribution in [1.82, 2.24) is 4.98 Å². The molecule has 1 saturated heterocycles. The van der Waals surface area contributed by atoms with E-state index in [4.69, 9.17) is 9.47 Å². The first-order chi connectivity index (χ1) is 8.29. The van der Waals surface area contributed by atoms with E-state index in [1.165, 1.54) is 0 Å². The highest BCUT2D eigenvalue weighted by molar-refractivity contribution is 5.92. The van der Waals surface area contributed by atoms with Crippen LogP contribution in [0.2, 0.25) is 0 Å². The maximum absolute atomic E-state index is 11.8. The van der Waals surface area contributed by atoms with Crippen LogP contribution in [0.1, 0.15) is 13.3 Å². The number of rotatable bonds is 4. The van der Waals surface area contributed by atoms with Crippen molar-refractivity contribution < 1.29 is 14.3 Å². The van der Waals surface area contributed by atoms with Gasteiger partial charge in [0.1, 0.15) is 11.6 Å². The molecule has 1 amide bonds. The molecule has 0 radical (unpaired) electrons. The summed E-state index contributed by atoms with van der Waals surface area (Å²) in [4.78, 5) is 15.9. The molecule has 1 aromatic rings. The summed E-state index contributed by atoms with van der Waals surface area (Å²) in [5.74, 6) is 1.13. The van der Waals surface area contributed by atoms with Gasteiger partial charge in [0.2, 0.25) is 5.91 Å². The Kier molecular flexibility index (Phi) is 3.93. The Bertz CT molecular complexity index is 389. The highest BCUT2D eigenvalue weighted by Crippen LogP contribution is 2.17. The van der Waals surface area contributed by atoms with Gasteiger partial charge in [-0.25, -0.2) is 4.98 Å². The minimum absolute atomic E-state index is 0.0383. The molecule has 5 heteroatoms. The van der Waals surface area contributed by atoms with Crippen molar-refractivity contribution in [2.24, 2.45) is 5.92 Å². The van der Waals surface area contributed by atoms with Crippen LogP contribution in [0.25, 0.3) is 0 Å². The van der Waals surface area contributed by atoms with Crippen molar-refractivity contribution in [3.63, 3.8) is 0 Å². The smallest absolute Gasteiger partial charge is 0.231 e. The minimum Gasteiger partial charge on any atom is -0.494 e. The zero-order valence-corrected chi connectivity index (χ0v) is 9.81. The molecule has 1 unspecified atom stereocenters. The Morgan fingerprint density at radius 2 is 2.59 bits per heavy atom. The number of carbonyl (C=O) groups excluding carboxylic acids is 1. The van der Waals surface area contributed by atoms with Crippen LogP contribution in [-0.4, -0.2) is 30.7 Å². The Hall–Kier alpha value is -1.62. The lowest BCUT2D eigenvalue weighted by Gasteiger charge is -2.09. The molecule has 2 rings (SSSR count). The first-order valence-corrected chi connectivity index (χ1v) is 5.77. The Morgan fingerprint density at radius 1 is 1.71 bits per heavy atom. The zero-order chi connectivity index (χ0) is 12.1. The van der Waals surface area contributed by atoms with Crippen LogP contribution in [-0.2, 0) is 9.53 Å². The van der Waals surface area contributed by atoms with E-state index in [2.05, 4.69) is 10.3 Å². The molecule has 92 valence electrons. The summed E-state index contributed by atoms with van der Waals surface area (Å²) in [6.07, 6.45) is 2.39. The highest BCUT2D eigenvalue weighted by Gasteiger charge is 2.23. The lowest BCUT2D eigenvalue weighted by molar-refractivity contribution is -0.119. The SMILES string of the molecule is CCOc1ccnc(NC(=O)C2CCOC2)c1. The molecule has 1 atom stereocenters. The third-order valence-electron chi connectivity index (χ3n) is 2.59. The van der Waals surface area contributed by atoms with E-state index in [-0.39, 0.29) is 11.8 Å². The molecule has 0 aliphatic carbocycles. The fraction of sp³-hybridized carbons (Fsp3) is 0.500. The lowest BCUT2D eigenvalue weighted by Crippen LogP contribution is -2.23. The van der Waals surface area contributed by atoms with E-state index in [1.807, 2.05) is 6.92 Å². The molecule has 0 spiro atoms. The minimum atomic E-state index is -0.0625. The maximum atomic E-state index is 11.8. The average molecular weight is 236 g/mol. The van der Waals surface area contributed by atoms with Gasteiger partial charge in [0.25, 0.3) is 0 Å². The second-order valence-corrected chi connectivity index (χ2v) is 3.86. The third-order valence-corrected chi connectivity index (χ3v) is 2.59. The van der Waals surface area contributed by atoms with E-state index < -0.39 is 0 Å². The number of hydrogen-bond acceptors (Lipinski definition) is 4. The second kappa shape index (κ2) is 5.63. The quantitative estimate of drug-likeness (QED) is 0.859. The van der Waals surface area contributed by atoms with Gasteiger partial charge in [-0.15, -0.1) is 0 Å². The fourth-order valence-corrected chi connectivity index (χ4v) is 1.71. The average Bonchev–Trinajstić information content (AvgIpc) is 2.83. The lowest BCUT2D eigenvalue weighted by atomic mass is 10.1. The van der Waals surface area contributed by atoms with E-state index in [0.29, 0.717) is 31.4 Å². The van der Waals surface area contributed by atoms with Crippen LogP contribution in [0.15, 0.2) is 18.3 Å². The van der Waals surface area contributed by atoms with Gasteiger partial charge in [-0.2, -0.15) is 0 Å². The molecule has 17 heavy (non-hydrogen) atoms. The molecule has 1 aliphatic rings. The molecule has 0 bridgehead atoms. The molecule has 1 aliphatic heterocycles. The number of carbonyl (C=O) groups is 1. The van der Waals surface area contributed by atoms with E-state index >= 15 is 0 Å². The number of pyridine rings is 1. The van der Waals surface area contributed by atoms with E-state index in [0.717, 1.165) is 6.42 Å². The number of aromatic nitrogens is 1. The first kappa shape index (κ1) is 11.9. The molecule has 1 fully saturated rings. The van der Waals surface area contributed by atoms with Crippen molar-refractivity contribution >= 4 is 11.7 Å². The van der Waals surface area contributed by atoms with Crippen molar-refractivity contribution in [1.29, 1.82) is 0 Å². The van der Waals surface area contributed by atoms with Crippen molar-refractivity contribution in [2.45, 2.75) is 13.3 Å². The number of nitrogens with zero attached hydrogens (tertiary/aromatic N) is 1. The van der Waals surface area contributed by atoms with Crippen LogP contribution in [0.3, 0.4) is 0 Å². The summed E-state index contributed by atoms with van der Waals surface area (Å²) in [6.45, 7) is 3.66. The molecule has 1 N–H and O–H groups in total. The van der Waals surface area contributed by atoms with Gasteiger partial charge in [0.15, 0.2) is 0 Å². The van der Waals surface area contributed by atoms with Crippen molar-refractivity contribution in [3.8, 4) is 5.75 Å². The van der Waals surface area contributed by atoms with Gasteiger partial charge in [-0.3, -0.25) is 4.79 Å². The fourth-order valence-electron chi connectivity index (χ4n) is 1.71. The largest absolute Gasteiger partial charge is 0.494 e. The van der Waals surface area contributed by atoms with Crippen LogP contribution < -0.4 is 10.1 Å². The van der Waals surface area contributed by atoms with Crippen molar-refractivity contribution in [2.75, 3.05) is 25.1 Å². The van der Waals surface area contributed by atoms with Gasteiger partial charge in [-0.1, -0.05) is 0 Å². The van der Waals surface area contributed by atoms with Gasteiger partial charge < -0.3 is 14.8 Å². The molecular weight excluding hydrogens is 220 g/mol. The number of amides is 1. The summed E-state index contributed by atoms with van der Waals surface area (Å²) in [5, 5.41) is 2.77. The van der Waals surface area contributed by atoms with Gasteiger partial charge in [0, 0.05) is 18.9 Å². The topological polar surface area (TPSA) is 60.5 Å². The molecule has 2 heterocycles. The molecular formula is C12H16N2O3. The van der Waals surface area contributed by atoms with Crippen molar-refractivity contribution in [3.05, 3.63) is 18.3 Å². The number of anilines is 1. The summed E-state index contributed by atoms with van der Waals surface area (Å²) < 4.78 is 10.5. The Labute approximate surface area is 100 Å². The highest BCUT2D eigenvalue weighted by atomic mass is 16.5. The monoisotopic (exact) mass is 236 g/mol. The van der Waals surface area contributed by atoms with Crippen LogP contribution in [0.5, 0.6) is 5.75 Å². The van der Waals surface area contributed by atoms with Gasteiger partial charge >= 0.3 is 0 Å². The van der Waals surface area contributed by atoms with Crippen LogP contribution in [0.4, 0.5) is 5.82 Å². The molecule has 1 aromatic heterocycles. The predicted molar refractivity (Wildman–Crippen MR) is 63.0 cm³/mol. The van der Waals surface area contributed by atoms with E-state index in [1.54, 1.807) is 18.3 Å². The van der Waals surface area contributed by atoms with Gasteiger partial charge in [0.05, 0.1) is 19.1 Å². The number of ether oxygens (including phenoxy) is 2. The summed E-state index contributed by atoms with van der Waals surface area (Å²) in [6, 6.07) is 3.48. The molecule has 0 aromatic carbocycles. The summed E-state index contributed by atoms with van der Waals surface area (Å²) >= 11 is 0. The van der Waals surface area contributed by atoms with Gasteiger partial charge in [-0.05, 0) is 19.4 Å². The number of nitrogens with one attached hydrogen (secondary N) is 1. The first-order valence-electron chi connectivity index (χ1n) is 5.77. The van der Waals surface area contributed by atoms with E-state index in [9.17, 15) is 4.79 Å². The summed E-state index contributed by atoms with van der Waals surface area (Å²) in [7, 11) is 0. The third kappa shape index (κ3) is 3.17. The normalized spacial score (nSPS) is 19.0. The molecule has 0 saturated carbocycles. The standard InChI is InChI=1S/C12H16N2O3/c1-2-17-10-3-5-13-11(7-10)14-12(15)9-4-6-16-8-9/h3,5,7,9H,2,4,6,8H2,1H3,(H,13,14,15). The molecule has 5 nitrogen and oxygen atoms in total. The maximum Gasteiger partial charge on any atom is 0.231 e. The zero-order valence-electron chi connectivity index (χ0n) is 9.81. The number of hydrogen-bond donors (Lipinski definition) is 1. The predicted octanol–water partition coefficient (Wildman–Crippen LogP) is 1.46. The van der Waals surface area contributed by atoms with Crippen LogP contribution >= 0.6 is 0 Å². The Morgan fingerprint density at radius 3 is 3.29 bits per heavy atom. The Balaban J connectivity index is 1.97. The van der Waals surface area contributed by atoms with Crippen LogP contribution in [0, 0.1) is 5.92 Å².